The van der Waals surface area contributed by atoms with E-state index >= 15 is 0 Å². The molecule has 4 rings (SSSR count). The highest BCUT2D eigenvalue weighted by molar-refractivity contribution is 6.07. The summed E-state index contributed by atoms with van der Waals surface area (Å²) in [6.45, 7) is 2.49. The van der Waals surface area contributed by atoms with Gasteiger partial charge in [0.05, 0.1) is 18.8 Å². The van der Waals surface area contributed by atoms with Crippen LogP contribution in [0.15, 0.2) is 54.6 Å². The molecule has 6 nitrogen and oxygen atoms in total. The van der Waals surface area contributed by atoms with Crippen molar-refractivity contribution in [2.24, 2.45) is 5.92 Å². The summed E-state index contributed by atoms with van der Waals surface area (Å²) in [5.74, 6) is -0.204. The lowest BCUT2D eigenvalue weighted by Gasteiger charge is -2.28. The molecule has 2 aromatic carbocycles. The van der Waals surface area contributed by atoms with Crippen LogP contribution in [0.5, 0.6) is 5.75 Å². The number of rotatable bonds is 6. The number of hydrogen-bond acceptors (Lipinski definition) is 5. The maximum atomic E-state index is 13.2. The SMILES string of the molecule is CCCCN1C(=O)C2ON(c3ccccc3)C(c3ccc(OC)cc3)C2C1=O. The normalized spacial score (nSPS) is 24.0. The molecule has 146 valence electrons. The first-order valence-electron chi connectivity index (χ1n) is 9.66. The number of carbonyl (C=O) groups is 2. The third kappa shape index (κ3) is 3.03. The molecule has 0 aliphatic carbocycles. The summed E-state index contributed by atoms with van der Waals surface area (Å²) >= 11 is 0. The van der Waals surface area contributed by atoms with Crippen LogP contribution < -0.4 is 9.80 Å². The van der Waals surface area contributed by atoms with Crippen LogP contribution in [0.4, 0.5) is 5.69 Å². The lowest BCUT2D eigenvalue weighted by atomic mass is 9.90. The van der Waals surface area contributed by atoms with E-state index in [4.69, 9.17) is 9.57 Å². The van der Waals surface area contributed by atoms with Gasteiger partial charge in [-0.1, -0.05) is 43.7 Å². The van der Waals surface area contributed by atoms with E-state index in [2.05, 4.69) is 0 Å². The third-order valence-electron chi connectivity index (χ3n) is 5.41. The lowest BCUT2D eigenvalue weighted by molar-refractivity contribution is -0.143. The molecule has 0 N–H and O–H groups in total. The van der Waals surface area contributed by atoms with Crippen molar-refractivity contribution in [2.45, 2.75) is 31.9 Å². The van der Waals surface area contributed by atoms with Crippen LogP contribution in [0, 0.1) is 5.92 Å². The summed E-state index contributed by atoms with van der Waals surface area (Å²) in [6, 6.07) is 16.8. The Labute approximate surface area is 164 Å². The van der Waals surface area contributed by atoms with E-state index in [-0.39, 0.29) is 17.9 Å². The minimum Gasteiger partial charge on any atom is -0.497 e. The first-order valence-corrected chi connectivity index (χ1v) is 9.66. The van der Waals surface area contributed by atoms with E-state index < -0.39 is 12.0 Å². The Balaban J connectivity index is 1.72. The summed E-state index contributed by atoms with van der Waals surface area (Å²) < 4.78 is 5.26. The smallest absolute Gasteiger partial charge is 0.261 e. The molecule has 0 spiro atoms. The standard InChI is InChI=1S/C22H24N2O4/c1-3-4-14-23-21(25)18-19(15-10-12-17(27-2)13-11-15)24(28-20(18)22(23)26)16-8-6-5-7-9-16/h5-13,18-20H,3-4,14H2,1-2H3. The summed E-state index contributed by atoms with van der Waals surface area (Å²) in [6.07, 6.45) is 0.939. The summed E-state index contributed by atoms with van der Waals surface area (Å²) in [7, 11) is 1.62. The average Bonchev–Trinajstić information content (AvgIpc) is 3.24. The molecule has 0 bridgehead atoms. The summed E-state index contributed by atoms with van der Waals surface area (Å²) in [5.41, 5.74) is 1.73. The Hall–Kier alpha value is -2.86. The fraction of sp³-hybridized carbons (Fsp3) is 0.364. The molecule has 2 amide bonds. The highest BCUT2D eigenvalue weighted by Crippen LogP contribution is 2.46. The van der Waals surface area contributed by atoms with Gasteiger partial charge in [-0.05, 0) is 36.2 Å². The van der Waals surface area contributed by atoms with Gasteiger partial charge in [-0.25, -0.2) is 5.06 Å². The molecule has 2 aromatic rings. The average molecular weight is 380 g/mol. The number of methoxy groups -OCH3 is 1. The number of hydrogen-bond donors (Lipinski definition) is 0. The molecule has 2 saturated heterocycles. The number of likely N-dealkylation sites (tertiary alicyclic amines) is 1. The van der Waals surface area contributed by atoms with Gasteiger partial charge in [-0.2, -0.15) is 0 Å². The van der Waals surface area contributed by atoms with Crippen molar-refractivity contribution in [3.63, 3.8) is 0 Å². The molecule has 0 radical (unpaired) electrons. The maximum absolute atomic E-state index is 13.2. The number of benzene rings is 2. The van der Waals surface area contributed by atoms with Crippen LogP contribution in [0.3, 0.4) is 0 Å². The Kier molecular flexibility index (Phi) is 5.05. The predicted octanol–water partition coefficient (Wildman–Crippen LogP) is 3.34. The number of nitrogens with zero attached hydrogens (tertiary/aromatic N) is 2. The molecule has 2 aliphatic rings. The van der Waals surface area contributed by atoms with Gasteiger partial charge in [0, 0.05) is 6.54 Å². The first-order chi connectivity index (χ1) is 13.7. The number of carbonyl (C=O) groups excluding carboxylic acids is 2. The Morgan fingerprint density at radius 2 is 1.71 bits per heavy atom. The number of fused-ring (bicyclic) bond motifs is 1. The number of para-hydroxylation sites is 1. The zero-order chi connectivity index (χ0) is 19.7. The van der Waals surface area contributed by atoms with Crippen LogP contribution in [-0.4, -0.2) is 36.5 Å². The van der Waals surface area contributed by atoms with Crippen LogP contribution in [0.2, 0.25) is 0 Å². The minimum absolute atomic E-state index is 0.150. The Morgan fingerprint density at radius 1 is 1.00 bits per heavy atom. The largest absolute Gasteiger partial charge is 0.497 e. The van der Waals surface area contributed by atoms with Gasteiger partial charge < -0.3 is 4.74 Å². The van der Waals surface area contributed by atoms with Gasteiger partial charge in [0.15, 0.2) is 6.10 Å². The molecule has 3 unspecified atom stereocenters. The fourth-order valence-corrected chi connectivity index (χ4v) is 3.95. The molecular formula is C22H24N2O4. The van der Waals surface area contributed by atoms with Crippen molar-refractivity contribution in [3.05, 3.63) is 60.2 Å². The van der Waals surface area contributed by atoms with E-state index in [9.17, 15) is 9.59 Å². The molecule has 0 saturated carbocycles. The van der Waals surface area contributed by atoms with Gasteiger partial charge >= 0.3 is 0 Å². The highest BCUT2D eigenvalue weighted by atomic mass is 16.7. The van der Waals surface area contributed by atoms with Crippen molar-refractivity contribution in [1.29, 1.82) is 0 Å². The van der Waals surface area contributed by atoms with Gasteiger partial charge in [0.25, 0.3) is 5.91 Å². The van der Waals surface area contributed by atoms with Crippen LogP contribution in [0.25, 0.3) is 0 Å². The third-order valence-corrected chi connectivity index (χ3v) is 5.41. The molecule has 0 aromatic heterocycles. The summed E-state index contributed by atoms with van der Waals surface area (Å²) in [4.78, 5) is 33.5. The molecular weight excluding hydrogens is 356 g/mol. The predicted molar refractivity (Wildman–Crippen MR) is 105 cm³/mol. The van der Waals surface area contributed by atoms with Crippen LogP contribution >= 0.6 is 0 Å². The van der Waals surface area contributed by atoms with E-state index in [0.29, 0.717) is 6.54 Å². The molecule has 2 fully saturated rings. The van der Waals surface area contributed by atoms with Crippen LogP contribution in [-0.2, 0) is 14.4 Å². The fourth-order valence-electron chi connectivity index (χ4n) is 3.95. The number of imide groups is 1. The van der Waals surface area contributed by atoms with Gasteiger partial charge in [-0.15, -0.1) is 0 Å². The zero-order valence-corrected chi connectivity index (χ0v) is 16.1. The number of anilines is 1. The van der Waals surface area contributed by atoms with Gasteiger partial charge in [0.1, 0.15) is 11.7 Å². The second-order valence-corrected chi connectivity index (χ2v) is 7.11. The van der Waals surface area contributed by atoms with Crippen molar-refractivity contribution < 1.29 is 19.2 Å². The van der Waals surface area contributed by atoms with Crippen molar-refractivity contribution >= 4 is 17.5 Å². The number of amides is 2. The molecule has 2 aliphatic heterocycles. The van der Waals surface area contributed by atoms with Crippen molar-refractivity contribution in [3.8, 4) is 5.75 Å². The molecule has 3 atom stereocenters. The second kappa shape index (κ2) is 7.64. The van der Waals surface area contributed by atoms with Crippen molar-refractivity contribution in [1.82, 2.24) is 4.90 Å². The van der Waals surface area contributed by atoms with E-state index in [1.54, 1.807) is 12.2 Å². The molecule has 6 heteroatoms. The van der Waals surface area contributed by atoms with Crippen molar-refractivity contribution in [2.75, 3.05) is 18.7 Å². The first kappa shape index (κ1) is 18.5. The summed E-state index contributed by atoms with van der Waals surface area (Å²) in [5, 5.41) is 1.71. The van der Waals surface area contributed by atoms with E-state index in [1.807, 2.05) is 61.5 Å². The Bertz CT molecular complexity index is 853. The molecule has 28 heavy (non-hydrogen) atoms. The van der Waals surface area contributed by atoms with E-state index in [0.717, 1.165) is 29.8 Å². The zero-order valence-electron chi connectivity index (χ0n) is 16.1. The second-order valence-electron chi connectivity index (χ2n) is 7.11. The Morgan fingerprint density at radius 3 is 2.36 bits per heavy atom. The molecule has 2 heterocycles. The monoisotopic (exact) mass is 380 g/mol. The topological polar surface area (TPSA) is 59.1 Å². The number of ether oxygens (including phenoxy) is 1. The number of hydroxylamine groups is 1. The van der Waals surface area contributed by atoms with Gasteiger partial charge in [-0.3, -0.25) is 19.3 Å². The minimum atomic E-state index is -0.781. The quantitative estimate of drug-likeness (QED) is 0.720. The van der Waals surface area contributed by atoms with Crippen LogP contribution in [0.1, 0.15) is 31.4 Å². The lowest BCUT2D eigenvalue weighted by Crippen LogP contribution is -2.37. The number of unbranched alkanes of at least 4 members (excludes halogenated alkanes) is 1. The highest BCUT2D eigenvalue weighted by Gasteiger charge is 2.59. The van der Waals surface area contributed by atoms with Gasteiger partial charge in [0.2, 0.25) is 5.91 Å². The maximum Gasteiger partial charge on any atom is 0.261 e. The van der Waals surface area contributed by atoms with E-state index in [1.165, 1.54) is 4.90 Å².